The molecule has 1 aromatic rings. The third-order valence-electron chi connectivity index (χ3n) is 2.55. The van der Waals surface area contributed by atoms with E-state index < -0.39 is 0 Å². The van der Waals surface area contributed by atoms with E-state index in [1.165, 1.54) is 0 Å². The van der Waals surface area contributed by atoms with Gasteiger partial charge in [-0.15, -0.1) is 0 Å². The Morgan fingerprint density at radius 3 is 2.61 bits per heavy atom. The monoisotopic (exact) mass is 251 g/mol. The highest BCUT2D eigenvalue weighted by molar-refractivity contribution is 5.79. The molecule has 6 nitrogen and oxygen atoms in total. The molecule has 0 aliphatic carbocycles. The minimum absolute atomic E-state index is 0.161. The smallest absolute Gasteiger partial charge is 0.236 e. The zero-order chi connectivity index (χ0) is 13.7. The molecule has 0 aliphatic heterocycles. The van der Waals surface area contributed by atoms with Crippen molar-refractivity contribution in [2.45, 2.75) is 26.7 Å². The second-order valence-corrected chi connectivity index (χ2v) is 4.35. The van der Waals surface area contributed by atoms with Crippen LogP contribution in [0.2, 0.25) is 0 Å². The molecule has 18 heavy (non-hydrogen) atoms. The van der Waals surface area contributed by atoms with Crippen LogP contribution in [0.3, 0.4) is 0 Å². The van der Waals surface area contributed by atoms with E-state index in [-0.39, 0.29) is 18.4 Å². The average Bonchev–Trinajstić information content (AvgIpc) is 2.34. The lowest BCUT2D eigenvalue weighted by Crippen LogP contribution is -2.34. The largest absolute Gasteiger partial charge is 0.373 e. The molecular formula is C12H21N5O. The molecule has 0 saturated heterocycles. The second-order valence-electron chi connectivity index (χ2n) is 4.35. The molecule has 6 heteroatoms. The van der Waals surface area contributed by atoms with Crippen molar-refractivity contribution in [1.29, 1.82) is 0 Å². The van der Waals surface area contributed by atoms with Gasteiger partial charge in [-0.25, -0.2) is 9.97 Å². The van der Waals surface area contributed by atoms with Crippen LogP contribution in [-0.2, 0) is 4.79 Å². The fourth-order valence-corrected chi connectivity index (χ4v) is 1.54. The van der Waals surface area contributed by atoms with Crippen molar-refractivity contribution >= 4 is 17.5 Å². The average molecular weight is 251 g/mol. The van der Waals surface area contributed by atoms with E-state index in [0.717, 1.165) is 17.5 Å². The van der Waals surface area contributed by atoms with Crippen LogP contribution in [-0.4, -0.2) is 36.0 Å². The van der Waals surface area contributed by atoms with E-state index in [2.05, 4.69) is 15.3 Å². The quantitative estimate of drug-likeness (QED) is 0.786. The Labute approximate surface area is 108 Å². The number of carbonyl (C=O) groups excluding carboxylic acids is 1. The number of nitrogens with one attached hydrogen (secondary N) is 1. The van der Waals surface area contributed by atoms with Crippen molar-refractivity contribution in [2.75, 3.05) is 30.4 Å². The summed E-state index contributed by atoms with van der Waals surface area (Å²) >= 11 is 0. The van der Waals surface area contributed by atoms with Crippen LogP contribution >= 0.6 is 0 Å². The van der Waals surface area contributed by atoms with Gasteiger partial charge in [-0.1, -0.05) is 13.8 Å². The molecule has 0 spiro atoms. The number of amides is 1. The summed E-state index contributed by atoms with van der Waals surface area (Å²) in [5.74, 6) is 2.07. The van der Waals surface area contributed by atoms with Gasteiger partial charge in [0, 0.05) is 25.6 Å². The van der Waals surface area contributed by atoms with Gasteiger partial charge in [-0.3, -0.25) is 4.79 Å². The maximum Gasteiger partial charge on any atom is 0.236 e. The minimum Gasteiger partial charge on any atom is -0.373 e. The number of anilines is 2. The Morgan fingerprint density at radius 1 is 1.50 bits per heavy atom. The van der Waals surface area contributed by atoms with Crippen LogP contribution in [0.25, 0.3) is 0 Å². The fourth-order valence-electron chi connectivity index (χ4n) is 1.54. The van der Waals surface area contributed by atoms with Gasteiger partial charge in [-0.05, 0) is 6.92 Å². The zero-order valence-electron chi connectivity index (χ0n) is 11.4. The third kappa shape index (κ3) is 3.58. The first-order chi connectivity index (χ1) is 8.47. The van der Waals surface area contributed by atoms with Crippen LogP contribution in [0.15, 0.2) is 6.07 Å². The number of nitrogens with two attached hydrogens (primary N) is 1. The molecule has 0 radical (unpaired) electrons. The number of nitrogens with zero attached hydrogens (tertiary/aromatic N) is 3. The maximum atomic E-state index is 11.0. The first kappa shape index (κ1) is 14.2. The molecule has 1 heterocycles. The van der Waals surface area contributed by atoms with Crippen LogP contribution in [0, 0.1) is 0 Å². The Hall–Kier alpha value is -1.85. The number of carbonyl (C=O) groups is 1. The molecule has 0 atom stereocenters. The summed E-state index contributed by atoms with van der Waals surface area (Å²) in [4.78, 5) is 21.7. The van der Waals surface area contributed by atoms with Gasteiger partial charge in [-0.2, -0.15) is 0 Å². The highest BCUT2D eigenvalue weighted by Crippen LogP contribution is 2.19. The first-order valence-electron chi connectivity index (χ1n) is 6.07. The number of hydrogen-bond acceptors (Lipinski definition) is 5. The molecule has 1 aromatic heterocycles. The van der Waals surface area contributed by atoms with Crippen molar-refractivity contribution < 1.29 is 4.79 Å². The minimum atomic E-state index is -0.368. The molecule has 1 amide bonds. The number of primary amides is 1. The molecule has 0 aliphatic rings. The molecule has 0 saturated carbocycles. The normalized spacial score (nSPS) is 10.5. The molecule has 100 valence electrons. The summed E-state index contributed by atoms with van der Waals surface area (Å²) in [5.41, 5.74) is 5.24. The van der Waals surface area contributed by atoms with Crippen molar-refractivity contribution in [3.8, 4) is 0 Å². The summed E-state index contributed by atoms with van der Waals surface area (Å²) in [6.07, 6.45) is 0. The van der Waals surface area contributed by atoms with E-state index >= 15 is 0 Å². The van der Waals surface area contributed by atoms with Gasteiger partial charge >= 0.3 is 0 Å². The molecular weight excluding hydrogens is 230 g/mol. The predicted molar refractivity (Wildman–Crippen MR) is 72.7 cm³/mol. The summed E-state index contributed by atoms with van der Waals surface area (Å²) in [6.45, 7) is 6.85. The van der Waals surface area contributed by atoms with Crippen LogP contribution < -0.4 is 16.0 Å². The first-order valence-corrected chi connectivity index (χ1v) is 6.07. The fraction of sp³-hybridized carbons (Fsp3) is 0.583. The topological polar surface area (TPSA) is 84.1 Å². The molecule has 0 aromatic carbocycles. The van der Waals surface area contributed by atoms with Crippen LogP contribution in [0.1, 0.15) is 32.5 Å². The lowest BCUT2D eigenvalue weighted by atomic mass is 10.2. The Kier molecular flexibility index (Phi) is 4.88. The van der Waals surface area contributed by atoms with E-state index in [1.54, 1.807) is 7.05 Å². The van der Waals surface area contributed by atoms with Gasteiger partial charge < -0.3 is 16.0 Å². The zero-order valence-corrected chi connectivity index (χ0v) is 11.4. The molecule has 0 fully saturated rings. The van der Waals surface area contributed by atoms with Crippen molar-refractivity contribution in [3.63, 3.8) is 0 Å². The summed E-state index contributed by atoms with van der Waals surface area (Å²) in [7, 11) is 1.81. The Morgan fingerprint density at radius 2 is 2.17 bits per heavy atom. The van der Waals surface area contributed by atoms with Crippen LogP contribution in [0.5, 0.6) is 0 Å². The summed E-state index contributed by atoms with van der Waals surface area (Å²) < 4.78 is 0. The second kappa shape index (κ2) is 6.18. The number of hydrogen-bond donors (Lipinski definition) is 2. The molecule has 1 rings (SSSR count). The van der Waals surface area contributed by atoms with E-state index in [0.29, 0.717) is 6.54 Å². The lowest BCUT2D eigenvalue weighted by Gasteiger charge is -2.21. The highest BCUT2D eigenvalue weighted by atomic mass is 16.1. The van der Waals surface area contributed by atoms with Gasteiger partial charge in [0.1, 0.15) is 17.5 Å². The van der Waals surface area contributed by atoms with Gasteiger partial charge in [0.15, 0.2) is 0 Å². The van der Waals surface area contributed by atoms with Crippen molar-refractivity contribution in [2.24, 2.45) is 5.73 Å². The summed E-state index contributed by atoms with van der Waals surface area (Å²) in [5, 5.41) is 3.00. The molecule has 0 bridgehead atoms. The van der Waals surface area contributed by atoms with E-state index in [1.807, 2.05) is 31.7 Å². The SMILES string of the molecule is CCN(CC(N)=O)c1cc(NC)nc(C(C)C)n1. The summed E-state index contributed by atoms with van der Waals surface area (Å²) in [6, 6.07) is 1.82. The third-order valence-corrected chi connectivity index (χ3v) is 2.55. The van der Waals surface area contributed by atoms with Gasteiger partial charge in [0.25, 0.3) is 0 Å². The van der Waals surface area contributed by atoms with Crippen LogP contribution in [0.4, 0.5) is 11.6 Å². The predicted octanol–water partition coefficient (Wildman–Crippen LogP) is 0.953. The molecule has 0 unspecified atom stereocenters. The maximum absolute atomic E-state index is 11.0. The van der Waals surface area contributed by atoms with Gasteiger partial charge in [0.05, 0.1) is 6.54 Å². The number of likely N-dealkylation sites (N-methyl/N-ethyl adjacent to an activating group) is 1. The van der Waals surface area contributed by atoms with Crippen molar-refractivity contribution in [1.82, 2.24) is 9.97 Å². The van der Waals surface area contributed by atoms with E-state index in [9.17, 15) is 4.79 Å². The standard InChI is InChI=1S/C12H21N5O/c1-5-17(7-9(13)18)11-6-10(14-4)15-12(16-11)8(2)3/h6,8H,5,7H2,1-4H3,(H2,13,18)(H,14,15,16). The molecule has 3 N–H and O–H groups in total. The number of rotatable bonds is 6. The number of aromatic nitrogens is 2. The highest BCUT2D eigenvalue weighted by Gasteiger charge is 2.13. The Bertz CT molecular complexity index is 419. The Balaban J connectivity index is 3.12. The van der Waals surface area contributed by atoms with E-state index in [4.69, 9.17) is 5.73 Å². The lowest BCUT2D eigenvalue weighted by molar-refractivity contribution is -0.116. The van der Waals surface area contributed by atoms with Gasteiger partial charge in [0.2, 0.25) is 5.91 Å². The van der Waals surface area contributed by atoms with Crippen molar-refractivity contribution in [3.05, 3.63) is 11.9 Å².